The van der Waals surface area contributed by atoms with Crippen molar-refractivity contribution in [2.24, 2.45) is 0 Å². The summed E-state index contributed by atoms with van der Waals surface area (Å²) in [6.07, 6.45) is 3.27. The number of rotatable bonds is 6. The summed E-state index contributed by atoms with van der Waals surface area (Å²) in [5.41, 5.74) is 0.261. The van der Waals surface area contributed by atoms with Gasteiger partial charge in [0, 0.05) is 18.2 Å². The van der Waals surface area contributed by atoms with Gasteiger partial charge in [-0.2, -0.15) is 0 Å². The Morgan fingerprint density at radius 1 is 1.09 bits per heavy atom. The van der Waals surface area contributed by atoms with Crippen LogP contribution in [0.4, 0.5) is 4.39 Å². The fraction of sp³-hybridized carbons (Fsp3) is 0.583. The van der Waals surface area contributed by atoms with Crippen molar-refractivity contribution in [3.63, 3.8) is 0 Å². The number of ether oxygens (including phenoxy) is 2. The molecule has 3 amide bonds. The van der Waals surface area contributed by atoms with Gasteiger partial charge in [0.15, 0.2) is 0 Å². The number of nitrogens with zero attached hydrogens (tertiary/aromatic N) is 1. The number of carbonyl (C=O) groups is 4. The Morgan fingerprint density at radius 2 is 1.82 bits per heavy atom. The zero-order valence-corrected chi connectivity index (χ0v) is 19.1. The number of nitrogens with one attached hydrogen (secondary N) is 2. The molecule has 5 atom stereocenters. The van der Waals surface area contributed by atoms with E-state index in [0.717, 1.165) is 19.3 Å². The topological polar surface area (TPSA) is 114 Å². The van der Waals surface area contributed by atoms with E-state index >= 15 is 0 Å². The Kier molecular flexibility index (Phi) is 7.45. The third-order valence-corrected chi connectivity index (χ3v) is 6.67. The van der Waals surface area contributed by atoms with Crippen molar-refractivity contribution < 1.29 is 33.0 Å². The van der Waals surface area contributed by atoms with Crippen LogP contribution in [0.1, 0.15) is 62.2 Å². The van der Waals surface area contributed by atoms with E-state index in [1.807, 2.05) is 0 Å². The number of esters is 1. The lowest BCUT2D eigenvalue weighted by Gasteiger charge is -2.35. The van der Waals surface area contributed by atoms with Crippen LogP contribution in [0.25, 0.3) is 0 Å². The van der Waals surface area contributed by atoms with Crippen molar-refractivity contribution in [1.82, 2.24) is 15.5 Å². The van der Waals surface area contributed by atoms with Crippen LogP contribution in [0.2, 0.25) is 0 Å². The van der Waals surface area contributed by atoms with Gasteiger partial charge in [-0.1, -0.05) is 12.8 Å². The minimum Gasteiger partial charge on any atom is -0.433 e. The molecule has 184 valence electrons. The Labute approximate surface area is 197 Å². The summed E-state index contributed by atoms with van der Waals surface area (Å²) in [5, 5.41) is 5.61. The lowest BCUT2D eigenvalue weighted by atomic mass is 9.98. The molecule has 0 radical (unpaired) electrons. The van der Waals surface area contributed by atoms with E-state index < -0.39 is 42.1 Å². The molecule has 3 heterocycles. The highest BCUT2D eigenvalue weighted by molar-refractivity contribution is 5.98. The summed E-state index contributed by atoms with van der Waals surface area (Å²) in [6, 6.07) is 2.95. The molecule has 10 heteroatoms. The highest BCUT2D eigenvalue weighted by Gasteiger charge is 2.45. The van der Waals surface area contributed by atoms with Gasteiger partial charge in [-0.25, -0.2) is 4.39 Å². The van der Waals surface area contributed by atoms with Crippen LogP contribution in [0.5, 0.6) is 0 Å². The maximum Gasteiger partial charge on any atom is 0.310 e. The molecule has 1 aromatic carbocycles. The summed E-state index contributed by atoms with van der Waals surface area (Å²) in [5.74, 6) is -2.00. The first-order chi connectivity index (χ1) is 16.4. The number of benzene rings is 1. The average Bonchev–Trinajstić information content (AvgIpc) is 3.37. The van der Waals surface area contributed by atoms with Crippen molar-refractivity contribution in [2.45, 2.75) is 82.3 Å². The predicted octanol–water partition coefficient (Wildman–Crippen LogP) is 1.65. The van der Waals surface area contributed by atoms with E-state index in [1.54, 1.807) is 11.8 Å². The molecule has 0 saturated carbocycles. The average molecular weight is 476 g/mol. The zero-order valence-electron chi connectivity index (χ0n) is 19.1. The van der Waals surface area contributed by atoms with Gasteiger partial charge in [-0.05, 0) is 56.9 Å². The second kappa shape index (κ2) is 10.5. The second-order valence-corrected chi connectivity index (χ2v) is 8.94. The molecule has 4 rings (SSSR count). The molecule has 2 unspecified atom stereocenters. The van der Waals surface area contributed by atoms with Crippen LogP contribution in [-0.2, 0) is 23.9 Å². The van der Waals surface area contributed by atoms with E-state index in [1.165, 1.54) is 24.3 Å². The molecule has 9 nitrogen and oxygen atoms in total. The molecule has 3 aliphatic heterocycles. The molecule has 1 aromatic rings. The van der Waals surface area contributed by atoms with Crippen LogP contribution in [0.3, 0.4) is 0 Å². The SMILES string of the molecule is CCOC1OC(=O)CC1NC(=O)[C@@H]1CC[C@@H]2CCCC[C@H](NC(=O)c3ccc(F)cc3)C(=O)N21. The number of cyclic esters (lactones) is 1. The molecule has 3 saturated heterocycles. The fourth-order valence-corrected chi connectivity index (χ4v) is 5.01. The Balaban J connectivity index is 1.47. The minimum absolute atomic E-state index is 0.0108. The Bertz CT molecular complexity index is 939. The van der Waals surface area contributed by atoms with E-state index in [4.69, 9.17) is 9.47 Å². The third-order valence-electron chi connectivity index (χ3n) is 6.67. The van der Waals surface area contributed by atoms with Crippen LogP contribution in [0.15, 0.2) is 24.3 Å². The van der Waals surface area contributed by atoms with Crippen molar-refractivity contribution in [1.29, 1.82) is 0 Å². The van der Waals surface area contributed by atoms with Gasteiger partial charge < -0.3 is 25.0 Å². The predicted molar refractivity (Wildman–Crippen MR) is 118 cm³/mol. The monoisotopic (exact) mass is 475 g/mol. The quantitative estimate of drug-likeness (QED) is 0.605. The molecule has 0 aromatic heterocycles. The minimum atomic E-state index is -0.843. The molecule has 0 spiro atoms. The summed E-state index contributed by atoms with van der Waals surface area (Å²) in [6.45, 7) is 2.10. The molecule has 0 bridgehead atoms. The molecular weight excluding hydrogens is 445 g/mol. The van der Waals surface area contributed by atoms with Gasteiger partial charge in [-0.15, -0.1) is 0 Å². The maximum absolute atomic E-state index is 13.5. The highest BCUT2D eigenvalue weighted by atomic mass is 19.1. The Hall–Kier alpha value is -3.01. The first-order valence-electron chi connectivity index (χ1n) is 11.9. The normalized spacial score (nSPS) is 29.1. The fourth-order valence-electron chi connectivity index (χ4n) is 5.01. The zero-order chi connectivity index (χ0) is 24.2. The second-order valence-electron chi connectivity index (χ2n) is 8.94. The number of fused-ring (bicyclic) bond motifs is 1. The maximum atomic E-state index is 13.5. The smallest absolute Gasteiger partial charge is 0.310 e. The lowest BCUT2D eigenvalue weighted by molar-refractivity contribution is -0.164. The van der Waals surface area contributed by atoms with E-state index in [9.17, 15) is 23.6 Å². The summed E-state index contributed by atoms with van der Waals surface area (Å²) in [4.78, 5) is 52.7. The first kappa shape index (κ1) is 24.1. The largest absolute Gasteiger partial charge is 0.433 e. The summed E-state index contributed by atoms with van der Waals surface area (Å²) >= 11 is 0. The van der Waals surface area contributed by atoms with Crippen molar-refractivity contribution in [2.75, 3.05) is 6.61 Å². The summed E-state index contributed by atoms with van der Waals surface area (Å²) in [7, 11) is 0. The number of hydrogen-bond donors (Lipinski definition) is 2. The number of carbonyl (C=O) groups excluding carboxylic acids is 4. The van der Waals surface area contributed by atoms with Crippen molar-refractivity contribution in [3.8, 4) is 0 Å². The molecule has 2 N–H and O–H groups in total. The van der Waals surface area contributed by atoms with E-state index in [0.29, 0.717) is 25.9 Å². The van der Waals surface area contributed by atoms with Gasteiger partial charge in [0.05, 0.1) is 6.42 Å². The van der Waals surface area contributed by atoms with Crippen LogP contribution < -0.4 is 10.6 Å². The highest BCUT2D eigenvalue weighted by Crippen LogP contribution is 2.32. The van der Waals surface area contributed by atoms with Gasteiger partial charge in [0.25, 0.3) is 5.91 Å². The van der Waals surface area contributed by atoms with Gasteiger partial charge >= 0.3 is 5.97 Å². The standard InChI is InChI=1S/C24H30FN3O6/c1-2-33-24-18(13-20(29)34-24)27-22(31)19-12-11-16-5-3-4-6-17(23(32)28(16)19)26-21(30)14-7-9-15(25)10-8-14/h7-10,16-19,24H,2-6,11-13H2,1H3,(H,26,30)(H,27,31)/t16-,17-,18?,19-,24?/m0/s1. The molecule has 3 fully saturated rings. The molecular formula is C24H30FN3O6. The van der Waals surface area contributed by atoms with Gasteiger partial charge in [-0.3, -0.25) is 19.2 Å². The lowest BCUT2D eigenvalue weighted by Crippen LogP contribution is -2.57. The molecule has 0 aliphatic carbocycles. The van der Waals surface area contributed by atoms with Crippen molar-refractivity contribution >= 4 is 23.7 Å². The number of amides is 3. The third kappa shape index (κ3) is 5.22. The first-order valence-corrected chi connectivity index (χ1v) is 11.9. The van der Waals surface area contributed by atoms with E-state index in [2.05, 4.69) is 10.6 Å². The number of hydrogen-bond acceptors (Lipinski definition) is 6. The van der Waals surface area contributed by atoms with Crippen molar-refractivity contribution in [3.05, 3.63) is 35.6 Å². The molecule has 3 aliphatic rings. The van der Waals surface area contributed by atoms with Crippen LogP contribution in [0, 0.1) is 5.82 Å². The van der Waals surface area contributed by atoms with Gasteiger partial charge in [0.2, 0.25) is 18.1 Å². The number of halogens is 1. The Morgan fingerprint density at radius 3 is 2.56 bits per heavy atom. The van der Waals surface area contributed by atoms with Crippen LogP contribution in [-0.4, -0.2) is 65.7 Å². The summed E-state index contributed by atoms with van der Waals surface area (Å²) < 4.78 is 23.7. The molecule has 34 heavy (non-hydrogen) atoms. The van der Waals surface area contributed by atoms with Crippen LogP contribution >= 0.6 is 0 Å². The van der Waals surface area contributed by atoms with E-state index in [-0.39, 0.29) is 29.8 Å². The van der Waals surface area contributed by atoms with Gasteiger partial charge in [0.1, 0.15) is 23.9 Å².